The van der Waals surface area contributed by atoms with Gasteiger partial charge in [-0.3, -0.25) is 4.90 Å². The van der Waals surface area contributed by atoms with Crippen LogP contribution in [0.4, 0.5) is 0 Å². The van der Waals surface area contributed by atoms with E-state index in [9.17, 15) is 5.11 Å². The first-order valence-corrected chi connectivity index (χ1v) is 8.89. The maximum Gasteiger partial charge on any atom is 0.230 e. The number of aromatic hydroxyl groups is 1. The van der Waals surface area contributed by atoms with Gasteiger partial charge in [0.05, 0.1) is 24.1 Å². The number of nitrogens with zero attached hydrogens (tertiary/aromatic N) is 4. The van der Waals surface area contributed by atoms with Crippen LogP contribution in [0, 0.1) is 13.8 Å². The molecule has 3 heterocycles. The molecule has 0 unspecified atom stereocenters. The van der Waals surface area contributed by atoms with Crippen LogP contribution in [0.2, 0.25) is 0 Å². The predicted octanol–water partition coefficient (Wildman–Crippen LogP) is 2.53. The Kier molecular flexibility index (Phi) is 3.99. The van der Waals surface area contributed by atoms with Gasteiger partial charge in [-0.25, -0.2) is 4.98 Å². The average Bonchev–Trinajstić information content (AvgIpc) is 3.09. The Bertz CT molecular complexity index is 867. The Balaban J connectivity index is 1.86. The zero-order chi connectivity index (χ0) is 16.7. The summed E-state index contributed by atoms with van der Waals surface area (Å²) in [5, 5.41) is 15.1. The molecule has 3 aromatic rings. The lowest BCUT2D eigenvalue weighted by molar-refractivity contribution is 0.0240. The van der Waals surface area contributed by atoms with Crippen LogP contribution in [0.3, 0.4) is 0 Å². The van der Waals surface area contributed by atoms with Gasteiger partial charge in [-0.1, -0.05) is 35.6 Å². The highest BCUT2D eigenvalue weighted by Gasteiger charge is 2.31. The lowest BCUT2D eigenvalue weighted by Crippen LogP contribution is -2.39. The van der Waals surface area contributed by atoms with E-state index in [1.807, 2.05) is 19.1 Å². The van der Waals surface area contributed by atoms with Gasteiger partial charge < -0.3 is 9.84 Å². The Labute approximate surface area is 144 Å². The fraction of sp³-hybridized carbons (Fsp3) is 0.412. The number of aromatic nitrogens is 3. The van der Waals surface area contributed by atoms with Crippen molar-refractivity contribution in [3.63, 3.8) is 0 Å². The first-order valence-electron chi connectivity index (χ1n) is 8.07. The smallest absolute Gasteiger partial charge is 0.230 e. The van der Waals surface area contributed by atoms with Gasteiger partial charge in [0.15, 0.2) is 0 Å². The summed E-state index contributed by atoms with van der Waals surface area (Å²) < 4.78 is 7.05. The standard InChI is InChI=1S/C17H20N4O2S/c1-11-5-3-4-6-13(11)14(20-7-9-23-10-8-20)15-16(22)21-17(24-15)18-12(2)19-21/h3-6,14,22H,7-10H2,1-2H3/t14-/m0/s1. The van der Waals surface area contributed by atoms with E-state index in [4.69, 9.17) is 4.74 Å². The Morgan fingerprint density at radius 1 is 1.21 bits per heavy atom. The molecule has 1 aromatic carbocycles. The van der Waals surface area contributed by atoms with Gasteiger partial charge in [-0.05, 0) is 25.0 Å². The highest BCUT2D eigenvalue weighted by molar-refractivity contribution is 7.17. The van der Waals surface area contributed by atoms with Crippen molar-refractivity contribution in [3.8, 4) is 5.88 Å². The second-order valence-electron chi connectivity index (χ2n) is 6.05. The van der Waals surface area contributed by atoms with Gasteiger partial charge in [0.1, 0.15) is 5.82 Å². The molecule has 7 heteroatoms. The number of aryl methyl sites for hydroxylation is 2. The molecule has 0 aliphatic carbocycles. The fourth-order valence-corrected chi connectivity index (χ4v) is 4.41. The average molecular weight is 344 g/mol. The van der Waals surface area contributed by atoms with E-state index < -0.39 is 0 Å². The summed E-state index contributed by atoms with van der Waals surface area (Å²) in [5.74, 6) is 0.859. The molecule has 0 amide bonds. The third-order valence-electron chi connectivity index (χ3n) is 4.45. The molecule has 24 heavy (non-hydrogen) atoms. The fourth-order valence-electron chi connectivity index (χ4n) is 3.26. The van der Waals surface area contributed by atoms with Crippen LogP contribution in [-0.2, 0) is 4.74 Å². The molecule has 1 N–H and O–H groups in total. The maximum absolute atomic E-state index is 10.8. The summed E-state index contributed by atoms with van der Waals surface area (Å²) >= 11 is 1.51. The molecular formula is C17H20N4O2S. The van der Waals surface area contributed by atoms with E-state index in [2.05, 4.69) is 34.0 Å². The molecule has 0 spiro atoms. The molecule has 1 fully saturated rings. The van der Waals surface area contributed by atoms with Crippen molar-refractivity contribution >= 4 is 16.3 Å². The summed E-state index contributed by atoms with van der Waals surface area (Å²) in [5.41, 5.74) is 2.42. The zero-order valence-electron chi connectivity index (χ0n) is 13.8. The van der Waals surface area contributed by atoms with Crippen LogP contribution in [0.5, 0.6) is 5.88 Å². The molecule has 0 radical (unpaired) electrons. The highest BCUT2D eigenvalue weighted by atomic mass is 32.1. The van der Waals surface area contributed by atoms with Gasteiger partial charge in [0.25, 0.3) is 0 Å². The first kappa shape index (κ1) is 15.6. The van der Waals surface area contributed by atoms with Crippen LogP contribution in [0.1, 0.15) is 27.9 Å². The molecular weight excluding hydrogens is 324 g/mol. The lowest BCUT2D eigenvalue weighted by atomic mass is 9.98. The number of benzene rings is 1. The number of thiazole rings is 1. The SMILES string of the molecule is Cc1nc2sc([C@H](c3ccccc3C)N3CCOCC3)c(O)n2n1. The molecule has 1 aliphatic heterocycles. The van der Waals surface area contributed by atoms with Crippen molar-refractivity contribution in [2.75, 3.05) is 26.3 Å². The van der Waals surface area contributed by atoms with E-state index in [0.29, 0.717) is 19.0 Å². The van der Waals surface area contributed by atoms with Crippen molar-refractivity contribution in [2.45, 2.75) is 19.9 Å². The normalized spacial score (nSPS) is 17.4. The van der Waals surface area contributed by atoms with Crippen molar-refractivity contribution in [1.29, 1.82) is 0 Å². The minimum atomic E-state index is -0.0103. The summed E-state index contributed by atoms with van der Waals surface area (Å²) in [4.78, 5) is 8.39. The Hall–Kier alpha value is -1.96. The largest absolute Gasteiger partial charge is 0.492 e. The Morgan fingerprint density at radius 2 is 1.96 bits per heavy atom. The third-order valence-corrected chi connectivity index (χ3v) is 5.52. The van der Waals surface area contributed by atoms with Crippen LogP contribution >= 0.6 is 11.3 Å². The summed E-state index contributed by atoms with van der Waals surface area (Å²) in [6.45, 7) is 7.04. The number of rotatable bonds is 3. The third kappa shape index (κ3) is 2.58. The van der Waals surface area contributed by atoms with Crippen molar-refractivity contribution in [3.05, 3.63) is 46.1 Å². The van der Waals surface area contributed by atoms with E-state index in [1.54, 1.807) is 4.52 Å². The minimum absolute atomic E-state index is 0.0103. The first-order chi connectivity index (χ1) is 11.6. The lowest BCUT2D eigenvalue weighted by Gasteiger charge is -2.34. The molecule has 2 aromatic heterocycles. The quantitative estimate of drug-likeness (QED) is 0.791. The molecule has 126 valence electrons. The molecule has 0 saturated carbocycles. The highest BCUT2D eigenvalue weighted by Crippen LogP contribution is 2.40. The van der Waals surface area contributed by atoms with E-state index in [-0.39, 0.29) is 11.9 Å². The van der Waals surface area contributed by atoms with Crippen LogP contribution in [0.25, 0.3) is 4.96 Å². The molecule has 1 aliphatic rings. The van der Waals surface area contributed by atoms with Gasteiger partial charge >= 0.3 is 0 Å². The molecule has 1 saturated heterocycles. The molecule has 0 bridgehead atoms. The van der Waals surface area contributed by atoms with Gasteiger partial charge in [0.2, 0.25) is 10.8 Å². The molecule has 6 nitrogen and oxygen atoms in total. The zero-order valence-corrected chi connectivity index (χ0v) is 14.6. The number of hydrogen-bond acceptors (Lipinski definition) is 6. The topological polar surface area (TPSA) is 62.9 Å². The maximum atomic E-state index is 10.8. The number of fused-ring (bicyclic) bond motifs is 1. The van der Waals surface area contributed by atoms with E-state index >= 15 is 0 Å². The van der Waals surface area contributed by atoms with Crippen LogP contribution < -0.4 is 0 Å². The monoisotopic (exact) mass is 344 g/mol. The summed E-state index contributed by atoms with van der Waals surface area (Å²) in [7, 11) is 0. The molecule has 4 rings (SSSR count). The van der Waals surface area contributed by atoms with Gasteiger partial charge in [-0.2, -0.15) is 4.52 Å². The number of ether oxygens (including phenoxy) is 1. The Morgan fingerprint density at radius 3 is 2.67 bits per heavy atom. The van der Waals surface area contributed by atoms with E-state index in [1.165, 1.54) is 22.5 Å². The van der Waals surface area contributed by atoms with Crippen LogP contribution in [0.15, 0.2) is 24.3 Å². The number of morpholine rings is 1. The second kappa shape index (κ2) is 6.16. The minimum Gasteiger partial charge on any atom is -0.492 e. The van der Waals surface area contributed by atoms with Gasteiger partial charge in [0, 0.05) is 13.1 Å². The van der Waals surface area contributed by atoms with Crippen LogP contribution in [-0.4, -0.2) is 50.9 Å². The predicted molar refractivity (Wildman–Crippen MR) is 92.7 cm³/mol. The second-order valence-corrected chi connectivity index (χ2v) is 7.06. The summed E-state index contributed by atoms with van der Waals surface area (Å²) in [6, 6.07) is 8.33. The number of hydrogen-bond donors (Lipinski definition) is 1. The summed E-state index contributed by atoms with van der Waals surface area (Å²) in [6.07, 6.45) is 0. The van der Waals surface area contributed by atoms with Crippen molar-refractivity contribution in [2.24, 2.45) is 0 Å². The molecule has 1 atom stereocenters. The van der Waals surface area contributed by atoms with E-state index in [0.717, 1.165) is 22.9 Å². The van der Waals surface area contributed by atoms with Gasteiger partial charge in [-0.15, -0.1) is 5.10 Å². The van der Waals surface area contributed by atoms with Crippen molar-refractivity contribution in [1.82, 2.24) is 19.5 Å². The van der Waals surface area contributed by atoms with Crippen molar-refractivity contribution < 1.29 is 9.84 Å².